The molecule has 0 aromatic carbocycles. The van der Waals surface area contributed by atoms with E-state index < -0.39 is 5.41 Å². The molecule has 2 saturated heterocycles. The average molecular weight is 335 g/mol. The third kappa shape index (κ3) is 4.00. The lowest BCUT2D eigenvalue weighted by atomic mass is 9.86. The van der Waals surface area contributed by atoms with Crippen molar-refractivity contribution in [2.45, 2.75) is 52.5 Å². The van der Waals surface area contributed by atoms with E-state index in [1.807, 2.05) is 30.6 Å². The smallest absolute Gasteiger partial charge is 0.239 e. The zero-order valence-electron chi connectivity index (χ0n) is 15.6. The number of likely N-dealkylation sites (tertiary alicyclic amines) is 1. The van der Waals surface area contributed by atoms with Crippen LogP contribution in [0.1, 0.15) is 46.5 Å². The Morgan fingerprint density at radius 3 is 2.12 bits per heavy atom. The van der Waals surface area contributed by atoms with Crippen molar-refractivity contribution >= 4 is 11.8 Å². The fourth-order valence-corrected chi connectivity index (χ4v) is 3.59. The van der Waals surface area contributed by atoms with Crippen LogP contribution in [0.3, 0.4) is 0 Å². The number of nitrogens with zero attached hydrogens (tertiary/aromatic N) is 3. The van der Waals surface area contributed by atoms with E-state index in [2.05, 4.69) is 11.5 Å². The summed E-state index contributed by atoms with van der Waals surface area (Å²) in [5, 5.41) is 0. The predicted octanol–water partition coefficient (Wildman–Crippen LogP) is 2.13. The van der Waals surface area contributed by atoms with Gasteiger partial charge in [-0.1, -0.05) is 13.0 Å². The van der Waals surface area contributed by atoms with Gasteiger partial charge in [0.25, 0.3) is 0 Å². The number of hydrogen-bond donors (Lipinski definition) is 0. The van der Waals surface area contributed by atoms with E-state index in [1.165, 1.54) is 6.42 Å². The zero-order chi connectivity index (χ0) is 17.7. The average Bonchev–Trinajstić information content (AvgIpc) is 2.66. The Hall–Kier alpha value is -1.36. The highest BCUT2D eigenvalue weighted by Crippen LogP contribution is 2.26. The van der Waals surface area contributed by atoms with Crippen LogP contribution in [-0.4, -0.2) is 71.8 Å². The van der Waals surface area contributed by atoms with E-state index in [1.54, 1.807) is 6.08 Å². The molecular formula is C19H33N3O2. The molecule has 136 valence electrons. The number of hydrogen-bond acceptors (Lipinski definition) is 3. The van der Waals surface area contributed by atoms with Crippen LogP contribution in [0.5, 0.6) is 0 Å². The van der Waals surface area contributed by atoms with Crippen molar-refractivity contribution in [2.75, 3.05) is 39.3 Å². The Morgan fingerprint density at radius 2 is 1.62 bits per heavy atom. The molecule has 5 nitrogen and oxygen atoms in total. The first kappa shape index (κ1) is 19.0. The number of amides is 2. The van der Waals surface area contributed by atoms with E-state index in [4.69, 9.17) is 0 Å². The lowest BCUT2D eigenvalue weighted by molar-refractivity contribution is -0.143. The van der Waals surface area contributed by atoms with E-state index in [0.29, 0.717) is 13.1 Å². The Balaban J connectivity index is 1.88. The van der Waals surface area contributed by atoms with Crippen molar-refractivity contribution in [3.63, 3.8) is 0 Å². The van der Waals surface area contributed by atoms with Crippen LogP contribution in [-0.2, 0) is 9.59 Å². The summed E-state index contributed by atoms with van der Waals surface area (Å²) in [6.07, 6.45) is 6.01. The molecule has 0 aliphatic carbocycles. The summed E-state index contributed by atoms with van der Waals surface area (Å²) in [5.41, 5.74) is -0.475. The van der Waals surface area contributed by atoms with E-state index in [0.717, 1.165) is 45.4 Å². The largest absolute Gasteiger partial charge is 0.341 e. The monoisotopic (exact) mass is 335 g/mol. The van der Waals surface area contributed by atoms with E-state index in [9.17, 15) is 9.59 Å². The molecule has 0 N–H and O–H groups in total. The molecule has 2 fully saturated rings. The van der Waals surface area contributed by atoms with Crippen LogP contribution in [0.25, 0.3) is 0 Å². The van der Waals surface area contributed by atoms with Crippen molar-refractivity contribution in [1.29, 1.82) is 0 Å². The van der Waals surface area contributed by atoms with Gasteiger partial charge in [-0.05, 0) is 39.5 Å². The molecule has 2 heterocycles. The van der Waals surface area contributed by atoms with Gasteiger partial charge in [0.15, 0.2) is 0 Å². The highest BCUT2D eigenvalue weighted by Gasteiger charge is 2.35. The zero-order valence-corrected chi connectivity index (χ0v) is 15.6. The van der Waals surface area contributed by atoms with E-state index >= 15 is 0 Å². The summed E-state index contributed by atoms with van der Waals surface area (Å²) in [6.45, 7) is 14.5. The maximum absolute atomic E-state index is 12.7. The number of piperazine rings is 1. The van der Waals surface area contributed by atoms with Crippen LogP contribution in [0.2, 0.25) is 0 Å². The molecule has 0 aromatic rings. The van der Waals surface area contributed by atoms with Gasteiger partial charge in [-0.15, -0.1) is 6.58 Å². The minimum Gasteiger partial charge on any atom is -0.341 e. The molecule has 2 atom stereocenters. The minimum absolute atomic E-state index is 0.0858. The molecular weight excluding hydrogens is 302 g/mol. The van der Waals surface area contributed by atoms with Gasteiger partial charge in [-0.25, -0.2) is 0 Å². The van der Waals surface area contributed by atoms with Gasteiger partial charge in [-0.2, -0.15) is 0 Å². The van der Waals surface area contributed by atoms with Gasteiger partial charge >= 0.3 is 0 Å². The molecule has 0 aromatic heterocycles. The van der Waals surface area contributed by atoms with Crippen LogP contribution >= 0.6 is 0 Å². The molecule has 0 radical (unpaired) electrons. The van der Waals surface area contributed by atoms with Crippen molar-refractivity contribution < 1.29 is 9.59 Å². The lowest BCUT2D eigenvalue weighted by Gasteiger charge is -2.41. The first-order valence-corrected chi connectivity index (χ1v) is 9.38. The second-order valence-corrected chi connectivity index (χ2v) is 7.37. The summed E-state index contributed by atoms with van der Waals surface area (Å²) < 4.78 is 0. The van der Waals surface area contributed by atoms with Crippen LogP contribution in [0, 0.1) is 5.41 Å². The highest BCUT2D eigenvalue weighted by molar-refractivity contribution is 5.84. The quantitative estimate of drug-likeness (QED) is 0.723. The van der Waals surface area contributed by atoms with Gasteiger partial charge in [0.05, 0.1) is 11.5 Å². The second-order valence-electron chi connectivity index (χ2n) is 7.37. The van der Waals surface area contributed by atoms with Gasteiger partial charge < -0.3 is 9.80 Å². The van der Waals surface area contributed by atoms with Crippen molar-refractivity contribution in [2.24, 2.45) is 5.41 Å². The molecule has 2 amide bonds. The van der Waals surface area contributed by atoms with Gasteiger partial charge in [0.1, 0.15) is 0 Å². The maximum Gasteiger partial charge on any atom is 0.239 e. The SMILES string of the molecule is C=C[C@](C)(CC)C(=O)N1CCN([C@H](C)C(=O)N2CCCCC2)CC1. The standard InChI is InChI=1S/C19H33N3O2/c1-5-19(4,6-2)18(24)22-14-12-20(13-15-22)16(3)17(23)21-10-8-7-9-11-21/h5,16H,1,6-15H2,2-4H3/t16-,19-/m1/s1. The molecule has 2 aliphatic rings. The third-order valence-electron chi connectivity index (χ3n) is 5.85. The molecule has 2 aliphatic heterocycles. The highest BCUT2D eigenvalue weighted by atomic mass is 16.2. The molecule has 0 spiro atoms. The van der Waals surface area contributed by atoms with Gasteiger partial charge in [-0.3, -0.25) is 14.5 Å². The summed E-state index contributed by atoms with van der Waals surface area (Å²) in [7, 11) is 0. The number of rotatable bonds is 5. The topological polar surface area (TPSA) is 43.9 Å². The van der Waals surface area contributed by atoms with Crippen LogP contribution in [0.4, 0.5) is 0 Å². The summed E-state index contributed by atoms with van der Waals surface area (Å²) in [4.78, 5) is 31.5. The molecule has 0 unspecified atom stereocenters. The number of carbonyl (C=O) groups excluding carboxylic acids is 2. The summed E-state index contributed by atoms with van der Waals surface area (Å²) >= 11 is 0. The van der Waals surface area contributed by atoms with Crippen molar-refractivity contribution in [3.05, 3.63) is 12.7 Å². The maximum atomic E-state index is 12.7. The molecule has 0 saturated carbocycles. The van der Waals surface area contributed by atoms with Gasteiger partial charge in [0.2, 0.25) is 11.8 Å². The minimum atomic E-state index is -0.475. The van der Waals surface area contributed by atoms with Crippen LogP contribution in [0.15, 0.2) is 12.7 Å². The van der Waals surface area contributed by atoms with Crippen LogP contribution < -0.4 is 0 Å². The Bertz CT molecular complexity index is 465. The Kier molecular flexibility index (Phi) is 6.44. The molecule has 24 heavy (non-hydrogen) atoms. The molecule has 0 bridgehead atoms. The Morgan fingerprint density at radius 1 is 1.04 bits per heavy atom. The third-order valence-corrected chi connectivity index (χ3v) is 5.85. The van der Waals surface area contributed by atoms with Crippen molar-refractivity contribution in [3.8, 4) is 0 Å². The van der Waals surface area contributed by atoms with Gasteiger partial charge in [0, 0.05) is 39.3 Å². The second kappa shape index (κ2) is 8.15. The van der Waals surface area contributed by atoms with Crippen molar-refractivity contribution in [1.82, 2.24) is 14.7 Å². The first-order valence-electron chi connectivity index (χ1n) is 9.38. The predicted molar refractivity (Wildman–Crippen MR) is 96.6 cm³/mol. The fraction of sp³-hybridized carbons (Fsp3) is 0.789. The first-order chi connectivity index (χ1) is 11.4. The molecule has 2 rings (SSSR count). The number of carbonyl (C=O) groups is 2. The summed E-state index contributed by atoms with van der Waals surface area (Å²) in [5.74, 6) is 0.411. The Labute approximate surface area is 146 Å². The number of piperidine rings is 1. The summed E-state index contributed by atoms with van der Waals surface area (Å²) in [6, 6.07) is -0.0858. The normalized spacial score (nSPS) is 23.5. The lowest BCUT2D eigenvalue weighted by Crippen LogP contribution is -2.57. The molecule has 5 heteroatoms. The fourth-order valence-electron chi connectivity index (χ4n) is 3.59. The van der Waals surface area contributed by atoms with E-state index in [-0.39, 0.29) is 17.9 Å².